The molecule has 1 radical (unpaired) electrons. The average molecular weight is 316 g/mol. The number of rotatable bonds is 5. The van der Waals surface area contributed by atoms with E-state index < -0.39 is 14.5 Å². The summed E-state index contributed by atoms with van der Waals surface area (Å²) < 4.78 is 14.3. The monoisotopic (exact) mass is 315 g/mol. The Morgan fingerprint density at radius 3 is 1.89 bits per heavy atom. The number of unbranched alkanes of at least 4 members (excludes halogenated alkanes) is 1. The van der Waals surface area contributed by atoms with Crippen LogP contribution in [0.4, 0.5) is 4.79 Å². The van der Waals surface area contributed by atoms with E-state index in [9.17, 15) is 0 Å². The van der Waals surface area contributed by atoms with Crippen molar-refractivity contribution in [1.82, 2.24) is 0 Å². The summed E-state index contributed by atoms with van der Waals surface area (Å²) in [5, 5.41) is -0.488. The Morgan fingerprint density at radius 1 is 1.33 bits per heavy atom. The number of hydrogen-bond donors (Lipinski definition) is 3. The molecule has 0 aromatic rings. The van der Waals surface area contributed by atoms with Crippen LogP contribution in [0, 0.1) is 0 Å². The number of carbonyl (C=O) groups is 1. The summed E-state index contributed by atoms with van der Waals surface area (Å²) in [6, 6.07) is 0. The van der Waals surface area contributed by atoms with Crippen LogP contribution in [0.2, 0.25) is 6.55 Å². The summed E-state index contributed by atoms with van der Waals surface area (Å²) in [6.45, 7) is 4.68. The number of thiocarbonyl (C=S) groups is 1. The van der Waals surface area contributed by atoms with Crippen LogP contribution >= 0.6 is 24.8 Å². The summed E-state index contributed by atoms with van der Waals surface area (Å²) in [7, 11) is 2.43. The SMILES string of the molecule is CCCCOC(N)=S.CO[Si](C)OC.NC(=O)S. The summed E-state index contributed by atoms with van der Waals surface area (Å²) in [5.74, 6) is 0. The molecule has 0 heterocycles. The van der Waals surface area contributed by atoms with Gasteiger partial charge < -0.3 is 25.1 Å². The Morgan fingerprint density at radius 2 is 1.72 bits per heavy atom. The maximum atomic E-state index is 9.09. The van der Waals surface area contributed by atoms with E-state index in [2.05, 4.69) is 37.5 Å². The van der Waals surface area contributed by atoms with Gasteiger partial charge in [0, 0.05) is 14.2 Å². The third-order valence-corrected chi connectivity index (χ3v) is 2.58. The lowest BCUT2D eigenvalue weighted by atomic mass is 10.4. The molecule has 6 nitrogen and oxygen atoms in total. The van der Waals surface area contributed by atoms with Crippen molar-refractivity contribution in [2.75, 3.05) is 20.8 Å². The minimum Gasteiger partial charge on any atom is -0.471 e. The molecule has 4 N–H and O–H groups in total. The fraction of sp³-hybridized carbons (Fsp3) is 0.778. The molecule has 18 heavy (non-hydrogen) atoms. The van der Waals surface area contributed by atoms with Gasteiger partial charge in [0.25, 0.3) is 10.4 Å². The standard InChI is InChI=1S/C5H11NOS.C3H9O2Si.CH3NOS/c1-2-3-4-7-5(6)8;1-4-6(3)5-2;2-1(3)4/h2-4H2,1H3,(H2,6,8);1-3H3;(H3,2,3,4). The summed E-state index contributed by atoms with van der Waals surface area (Å²) in [6.07, 6.45) is 2.14. The maximum Gasteiger partial charge on any atom is 0.380 e. The molecular formula is C9H23N2O4S2Si. The first-order valence-electron chi connectivity index (χ1n) is 5.13. The van der Waals surface area contributed by atoms with E-state index in [-0.39, 0.29) is 5.17 Å². The van der Waals surface area contributed by atoms with Gasteiger partial charge >= 0.3 is 9.28 Å². The van der Waals surface area contributed by atoms with E-state index in [1.165, 1.54) is 0 Å². The van der Waals surface area contributed by atoms with E-state index >= 15 is 0 Å². The van der Waals surface area contributed by atoms with Crippen LogP contribution in [0.5, 0.6) is 0 Å². The Balaban J connectivity index is -0.000000200. The number of ether oxygens (including phenoxy) is 1. The summed E-state index contributed by atoms with van der Waals surface area (Å²) >= 11 is 7.57. The predicted octanol–water partition coefficient (Wildman–Crippen LogP) is 1.44. The van der Waals surface area contributed by atoms with Gasteiger partial charge in [0.2, 0.25) is 0 Å². The normalized spacial score (nSPS) is 8.56. The van der Waals surface area contributed by atoms with Gasteiger partial charge in [-0.1, -0.05) is 26.0 Å². The highest BCUT2D eigenvalue weighted by molar-refractivity contribution is 7.96. The number of amides is 1. The van der Waals surface area contributed by atoms with Crippen LogP contribution in [0.25, 0.3) is 0 Å². The largest absolute Gasteiger partial charge is 0.471 e. The zero-order chi connectivity index (χ0) is 15.0. The fourth-order valence-corrected chi connectivity index (χ4v) is 0.650. The average Bonchev–Trinajstić information content (AvgIpc) is 2.28. The second-order valence-corrected chi connectivity index (χ2v) is 5.40. The lowest BCUT2D eigenvalue weighted by Gasteiger charge is -1.98. The summed E-state index contributed by atoms with van der Waals surface area (Å²) in [4.78, 5) is 9.09. The van der Waals surface area contributed by atoms with Crippen LogP contribution in [0.15, 0.2) is 0 Å². The zero-order valence-electron chi connectivity index (χ0n) is 11.3. The molecule has 0 rings (SSSR count). The zero-order valence-corrected chi connectivity index (χ0v) is 14.0. The summed E-state index contributed by atoms with van der Waals surface area (Å²) in [5.41, 5.74) is 9.38. The molecule has 0 unspecified atom stereocenters. The van der Waals surface area contributed by atoms with Crippen molar-refractivity contribution in [2.24, 2.45) is 11.5 Å². The molecule has 0 aromatic heterocycles. The van der Waals surface area contributed by atoms with Crippen molar-refractivity contribution >= 4 is 44.5 Å². The van der Waals surface area contributed by atoms with Crippen molar-refractivity contribution in [2.45, 2.75) is 26.3 Å². The molecule has 0 aromatic carbocycles. The highest BCUT2D eigenvalue weighted by Crippen LogP contribution is 1.86. The van der Waals surface area contributed by atoms with Crippen molar-refractivity contribution in [1.29, 1.82) is 0 Å². The van der Waals surface area contributed by atoms with Crippen molar-refractivity contribution in [3.63, 3.8) is 0 Å². The molecule has 1 amide bonds. The van der Waals surface area contributed by atoms with Gasteiger partial charge in [0.15, 0.2) is 0 Å². The quantitative estimate of drug-likeness (QED) is 0.307. The first-order valence-corrected chi connectivity index (χ1v) is 7.81. The first kappa shape index (κ1) is 22.8. The van der Waals surface area contributed by atoms with Crippen LogP contribution in [0.3, 0.4) is 0 Å². The topological polar surface area (TPSA) is 96.8 Å². The van der Waals surface area contributed by atoms with Gasteiger partial charge in [-0.2, -0.15) is 0 Å². The molecule has 0 bridgehead atoms. The first-order chi connectivity index (χ1) is 8.31. The molecule has 0 aliphatic carbocycles. The van der Waals surface area contributed by atoms with Crippen LogP contribution in [0.1, 0.15) is 19.8 Å². The van der Waals surface area contributed by atoms with Crippen molar-refractivity contribution in [3.05, 3.63) is 0 Å². The van der Waals surface area contributed by atoms with Crippen LogP contribution in [-0.4, -0.2) is 40.5 Å². The Hall–Kier alpha value is -0.353. The number of nitrogens with two attached hydrogens (primary N) is 2. The van der Waals surface area contributed by atoms with Crippen molar-refractivity contribution in [3.8, 4) is 0 Å². The maximum absolute atomic E-state index is 9.09. The molecular weight excluding hydrogens is 292 g/mol. The van der Waals surface area contributed by atoms with Gasteiger partial charge in [0.05, 0.1) is 6.61 Å². The van der Waals surface area contributed by atoms with E-state index in [1.807, 2.05) is 6.55 Å². The highest BCUT2D eigenvalue weighted by atomic mass is 32.1. The predicted molar refractivity (Wildman–Crippen MR) is 81.9 cm³/mol. The van der Waals surface area contributed by atoms with Gasteiger partial charge in [-0.15, -0.1) is 0 Å². The van der Waals surface area contributed by atoms with Crippen LogP contribution in [-0.2, 0) is 13.6 Å². The van der Waals surface area contributed by atoms with E-state index in [4.69, 9.17) is 24.1 Å². The second kappa shape index (κ2) is 19.0. The fourth-order valence-electron chi connectivity index (χ4n) is 0.400. The lowest BCUT2D eigenvalue weighted by molar-refractivity contribution is 0.267. The molecule has 9 heteroatoms. The molecule has 0 fully saturated rings. The smallest absolute Gasteiger partial charge is 0.380 e. The minimum atomic E-state index is -0.868. The number of carbonyl (C=O) groups excluding carboxylic acids is 1. The number of primary amides is 1. The Kier molecular flexibility index (Phi) is 24.1. The third kappa shape index (κ3) is 44.9. The Bertz CT molecular complexity index is 203. The lowest BCUT2D eigenvalue weighted by Crippen LogP contribution is -2.12. The third-order valence-electron chi connectivity index (χ3n) is 1.32. The Labute approximate surface area is 122 Å². The molecule has 109 valence electrons. The molecule has 0 aliphatic rings. The molecule has 0 aliphatic heterocycles. The van der Waals surface area contributed by atoms with Crippen molar-refractivity contribution < 1.29 is 18.4 Å². The van der Waals surface area contributed by atoms with E-state index in [0.29, 0.717) is 6.61 Å². The highest BCUT2D eigenvalue weighted by Gasteiger charge is 1.97. The number of thiol groups is 1. The van der Waals surface area contributed by atoms with Gasteiger partial charge in [-0.3, -0.25) is 4.79 Å². The van der Waals surface area contributed by atoms with Gasteiger partial charge in [-0.05, 0) is 25.2 Å². The molecule has 0 atom stereocenters. The van der Waals surface area contributed by atoms with E-state index in [0.717, 1.165) is 12.8 Å². The second-order valence-electron chi connectivity index (χ2n) is 2.76. The minimum absolute atomic E-state index is 0.151. The molecule has 0 spiro atoms. The van der Waals surface area contributed by atoms with Gasteiger partial charge in [-0.25, -0.2) is 0 Å². The van der Waals surface area contributed by atoms with E-state index in [1.54, 1.807) is 14.2 Å². The van der Waals surface area contributed by atoms with Crippen LogP contribution < -0.4 is 11.5 Å². The van der Waals surface area contributed by atoms with Gasteiger partial charge in [0.1, 0.15) is 0 Å². The number of hydrogen-bond acceptors (Lipinski definition) is 5. The molecule has 0 saturated carbocycles. The molecule has 0 saturated heterocycles.